The van der Waals surface area contributed by atoms with E-state index in [1.54, 1.807) is 6.21 Å². The summed E-state index contributed by atoms with van der Waals surface area (Å²) in [6, 6.07) is 7.87. The van der Waals surface area contributed by atoms with Gasteiger partial charge in [0.1, 0.15) is 6.54 Å². The van der Waals surface area contributed by atoms with Crippen LogP contribution in [0.4, 0.5) is 5.69 Å². The number of aryl methyl sites for hydroxylation is 1. The second kappa shape index (κ2) is 8.76. The molecule has 2 aromatic heterocycles. The van der Waals surface area contributed by atoms with Crippen LogP contribution in [0.3, 0.4) is 0 Å². The van der Waals surface area contributed by atoms with Crippen molar-refractivity contribution in [2.24, 2.45) is 19.2 Å². The fourth-order valence-corrected chi connectivity index (χ4v) is 3.25. The second-order valence-corrected chi connectivity index (χ2v) is 6.81. The Balaban J connectivity index is 1.70. The van der Waals surface area contributed by atoms with E-state index < -0.39 is 17.2 Å². The number of amides is 1. The van der Waals surface area contributed by atoms with Crippen LogP contribution in [0.1, 0.15) is 19.4 Å². The van der Waals surface area contributed by atoms with Crippen LogP contribution in [0, 0.1) is 0 Å². The third-order valence-corrected chi connectivity index (χ3v) is 4.96. The van der Waals surface area contributed by atoms with Gasteiger partial charge in [0.05, 0.1) is 12.5 Å². The summed E-state index contributed by atoms with van der Waals surface area (Å²) < 4.78 is 3.66. The molecule has 0 aliphatic rings. The van der Waals surface area contributed by atoms with Gasteiger partial charge in [-0.15, -0.1) is 0 Å². The van der Waals surface area contributed by atoms with Crippen LogP contribution in [0.15, 0.2) is 45.3 Å². The van der Waals surface area contributed by atoms with Gasteiger partial charge in [-0.3, -0.25) is 18.7 Å². The van der Waals surface area contributed by atoms with Gasteiger partial charge in [0.15, 0.2) is 11.2 Å². The molecule has 1 aromatic carbocycles. The minimum atomic E-state index is -0.504. The summed E-state index contributed by atoms with van der Waals surface area (Å²) >= 11 is 0. The molecule has 0 spiro atoms. The lowest BCUT2D eigenvalue weighted by Gasteiger charge is -2.20. The van der Waals surface area contributed by atoms with E-state index in [1.165, 1.54) is 29.6 Å². The molecule has 30 heavy (non-hydrogen) atoms. The molecule has 0 aliphatic carbocycles. The monoisotopic (exact) mass is 411 g/mol. The van der Waals surface area contributed by atoms with Crippen molar-refractivity contribution in [3.05, 3.63) is 57.0 Å². The molecule has 158 valence electrons. The maximum absolute atomic E-state index is 12.4. The van der Waals surface area contributed by atoms with E-state index in [0.29, 0.717) is 0 Å². The van der Waals surface area contributed by atoms with Gasteiger partial charge in [-0.2, -0.15) is 5.10 Å². The van der Waals surface area contributed by atoms with Crippen molar-refractivity contribution in [1.29, 1.82) is 0 Å². The molecule has 1 N–H and O–H groups in total. The first kappa shape index (κ1) is 21.0. The third kappa shape index (κ3) is 4.02. The van der Waals surface area contributed by atoms with Gasteiger partial charge in [-0.25, -0.2) is 15.2 Å². The molecule has 3 rings (SSSR count). The van der Waals surface area contributed by atoms with E-state index in [2.05, 4.69) is 34.3 Å². The van der Waals surface area contributed by atoms with Crippen molar-refractivity contribution in [2.75, 3.05) is 18.0 Å². The third-order valence-electron chi connectivity index (χ3n) is 4.96. The molecule has 0 fully saturated rings. The Morgan fingerprint density at radius 2 is 1.80 bits per heavy atom. The summed E-state index contributed by atoms with van der Waals surface area (Å²) in [7, 11) is 2.91. The van der Waals surface area contributed by atoms with Crippen molar-refractivity contribution < 1.29 is 4.79 Å². The molecule has 0 saturated carbocycles. The molecule has 0 atom stereocenters. The number of fused-ring (bicyclic) bond motifs is 1. The first-order valence-electron chi connectivity index (χ1n) is 9.65. The Morgan fingerprint density at radius 3 is 2.43 bits per heavy atom. The van der Waals surface area contributed by atoms with Gasteiger partial charge >= 0.3 is 5.69 Å². The number of carbonyl (C=O) groups is 1. The fraction of sp³-hybridized carbons (Fsp3) is 0.350. The number of nitrogens with one attached hydrogen (secondary N) is 1. The van der Waals surface area contributed by atoms with Crippen molar-refractivity contribution in [3.8, 4) is 0 Å². The number of hydrogen-bond acceptors (Lipinski definition) is 6. The molecule has 1 amide bonds. The predicted molar refractivity (Wildman–Crippen MR) is 116 cm³/mol. The molecule has 0 aliphatic heterocycles. The lowest BCUT2D eigenvalue weighted by Crippen LogP contribution is -2.38. The Morgan fingerprint density at radius 1 is 1.13 bits per heavy atom. The van der Waals surface area contributed by atoms with Crippen LogP contribution in [0.25, 0.3) is 11.2 Å². The number of hydrogen-bond donors (Lipinski definition) is 1. The van der Waals surface area contributed by atoms with Crippen LogP contribution >= 0.6 is 0 Å². The smallest absolute Gasteiger partial charge is 0.332 e. The van der Waals surface area contributed by atoms with Gasteiger partial charge in [0.2, 0.25) is 0 Å². The van der Waals surface area contributed by atoms with E-state index in [9.17, 15) is 14.4 Å². The zero-order valence-corrected chi connectivity index (χ0v) is 17.5. The number of hydrazone groups is 1. The van der Waals surface area contributed by atoms with Gasteiger partial charge in [0.25, 0.3) is 11.5 Å². The Kier molecular flexibility index (Phi) is 6.14. The predicted octanol–water partition coefficient (Wildman–Crippen LogP) is 0.430. The molecule has 3 aromatic rings. The maximum atomic E-state index is 12.4. The zero-order chi connectivity index (χ0) is 21.8. The first-order chi connectivity index (χ1) is 14.4. The molecule has 0 radical (unpaired) electrons. The molecule has 0 unspecified atom stereocenters. The van der Waals surface area contributed by atoms with Crippen molar-refractivity contribution in [3.63, 3.8) is 0 Å². The van der Waals surface area contributed by atoms with E-state index in [0.717, 1.165) is 28.9 Å². The van der Waals surface area contributed by atoms with Crippen LogP contribution in [-0.4, -0.2) is 43.9 Å². The van der Waals surface area contributed by atoms with E-state index >= 15 is 0 Å². The number of anilines is 1. The number of aromatic nitrogens is 4. The highest BCUT2D eigenvalue weighted by Crippen LogP contribution is 2.14. The minimum Gasteiger partial charge on any atom is -0.372 e. The molecule has 2 heterocycles. The molecular formula is C20H25N7O3. The largest absolute Gasteiger partial charge is 0.372 e. The zero-order valence-electron chi connectivity index (χ0n) is 17.5. The summed E-state index contributed by atoms with van der Waals surface area (Å²) in [6.07, 6.45) is 2.92. The van der Waals surface area contributed by atoms with Crippen LogP contribution < -0.4 is 21.6 Å². The number of imidazole rings is 1. The lowest BCUT2D eigenvalue weighted by molar-refractivity contribution is -0.121. The van der Waals surface area contributed by atoms with Crippen molar-refractivity contribution in [2.45, 2.75) is 20.4 Å². The Labute approximate surface area is 173 Å². The Hall–Kier alpha value is -3.69. The highest BCUT2D eigenvalue weighted by Gasteiger charge is 2.15. The highest BCUT2D eigenvalue weighted by molar-refractivity contribution is 5.83. The fourth-order valence-electron chi connectivity index (χ4n) is 3.25. The van der Waals surface area contributed by atoms with Crippen LogP contribution in [-0.2, 0) is 25.4 Å². The van der Waals surface area contributed by atoms with E-state index in [1.807, 2.05) is 24.3 Å². The summed E-state index contributed by atoms with van der Waals surface area (Å²) in [5.41, 5.74) is 3.86. The number of benzene rings is 1. The minimum absolute atomic E-state index is 0.151. The van der Waals surface area contributed by atoms with Gasteiger partial charge in [0, 0.05) is 32.9 Å². The second-order valence-electron chi connectivity index (χ2n) is 6.81. The van der Waals surface area contributed by atoms with Crippen LogP contribution in [0.2, 0.25) is 0 Å². The standard InChI is InChI=1S/C20H25N7O3/c1-5-26(6-2)15-9-7-14(8-10-15)11-22-23-16(28)12-27-13-21-18-17(27)19(29)25(4)20(30)24(18)3/h7-11,13H,5-6,12H2,1-4H3,(H,23,28)/b22-11+. The normalized spacial score (nSPS) is 11.3. The van der Waals surface area contributed by atoms with E-state index in [4.69, 9.17) is 0 Å². The van der Waals surface area contributed by atoms with E-state index in [-0.39, 0.29) is 17.7 Å². The van der Waals surface area contributed by atoms with Gasteiger partial charge in [-0.1, -0.05) is 12.1 Å². The lowest BCUT2D eigenvalue weighted by atomic mass is 10.2. The average molecular weight is 411 g/mol. The van der Waals surface area contributed by atoms with Gasteiger partial charge in [-0.05, 0) is 31.5 Å². The average Bonchev–Trinajstić information content (AvgIpc) is 3.16. The Bertz CT molecular complexity index is 1200. The molecular weight excluding hydrogens is 386 g/mol. The topological polar surface area (TPSA) is 107 Å². The summed E-state index contributed by atoms with van der Waals surface area (Å²) in [6.45, 7) is 5.92. The number of rotatable bonds is 7. The number of nitrogens with zero attached hydrogens (tertiary/aromatic N) is 6. The highest BCUT2D eigenvalue weighted by atomic mass is 16.2. The molecule has 0 bridgehead atoms. The summed E-state index contributed by atoms with van der Waals surface area (Å²) in [5.74, 6) is -0.416. The summed E-state index contributed by atoms with van der Waals surface area (Å²) in [4.78, 5) is 43.0. The van der Waals surface area contributed by atoms with Gasteiger partial charge < -0.3 is 9.47 Å². The van der Waals surface area contributed by atoms with Crippen molar-refractivity contribution in [1.82, 2.24) is 24.1 Å². The molecule has 10 heteroatoms. The molecule has 0 saturated heterocycles. The first-order valence-corrected chi connectivity index (χ1v) is 9.65. The SMILES string of the molecule is CCN(CC)c1ccc(/C=N/NC(=O)Cn2cnc3c2c(=O)n(C)c(=O)n3C)cc1. The van der Waals surface area contributed by atoms with Crippen molar-refractivity contribution >= 4 is 29.0 Å². The number of carbonyl (C=O) groups excluding carboxylic acids is 1. The maximum Gasteiger partial charge on any atom is 0.332 e. The molecule has 10 nitrogen and oxygen atoms in total. The summed E-state index contributed by atoms with van der Waals surface area (Å²) in [5, 5.41) is 3.98. The van der Waals surface area contributed by atoms with Crippen LogP contribution in [0.5, 0.6) is 0 Å². The quantitative estimate of drug-likeness (QED) is 0.448.